The fourth-order valence-electron chi connectivity index (χ4n) is 1.73. The molecule has 22 heavy (non-hydrogen) atoms. The molecular formula is C14H19F3N2O3. The molecule has 0 saturated carbocycles. The van der Waals surface area contributed by atoms with Crippen molar-refractivity contribution in [1.29, 1.82) is 0 Å². The second-order valence-corrected chi connectivity index (χ2v) is 5.62. The van der Waals surface area contributed by atoms with Gasteiger partial charge in [-0.25, -0.2) is 4.79 Å². The SMILES string of the molecule is COc1cc(N)ccc1[C@@H](NC(=O)OC(C)(C)C)C(F)(F)F. The molecule has 1 aromatic carbocycles. The van der Waals surface area contributed by atoms with Crippen molar-refractivity contribution in [1.82, 2.24) is 5.32 Å². The number of carbonyl (C=O) groups excluding carboxylic acids is 1. The zero-order valence-electron chi connectivity index (χ0n) is 12.7. The second-order valence-electron chi connectivity index (χ2n) is 5.62. The van der Waals surface area contributed by atoms with E-state index in [-0.39, 0.29) is 17.0 Å². The van der Waals surface area contributed by atoms with Gasteiger partial charge in [-0.05, 0) is 26.8 Å². The van der Waals surface area contributed by atoms with Gasteiger partial charge in [0, 0.05) is 17.3 Å². The van der Waals surface area contributed by atoms with Crippen LogP contribution in [0.5, 0.6) is 5.75 Å². The van der Waals surface area contributed by atoms with E-state index in [1.54, 1.807) is 20.8 Å². The van der Waals surface area contributed by atoms with Gasteiger partial charge in [0.15, 0.2) is 6.04 Å². The van der Waals surface area contributed by atoms with Gasteiger partial charge in [0.25, 0.3) is 0 Å². The van der Waals surface area contributed by atoms with E-state index < -0.39 is 23.9 Å². The fraction of sp³-hybridized carbons (Fsp3) is 0.500. The quantitative estimate of drug-likeness (QED) is 0.837. The van der Waals surface area contributed by atoms with Crippen molar-refractivity contribution < 1.29 is 27.4 Å². The Morgan fingerprint density at radius 3 is 2.32 bits per heavy atom. The summed E-state index contributed by atoms with van der Waals surface area (Å²) in [6.07, 6.45) is -5.89. The van der Waals surface area contributed by atoms with Crippen molar-refractivity contribution in [3.05, 3.63) is 23.8 Å². The number of amides is 1. The number of carbonyl (C=O) groups is 1. The number of alkyl carbamates (subject to hydrolysis) is 1. The van der Waals surface area contributed by atoms with Crippen LogP contribution in [0.2, 0.25) is 0 Å². The van der Waals surface area contributed by atoms with Crippen LogP contribution >= 0.6 is 0 Å². The van der Waals surface area contributed by atoms with E-state index in [0.717, 1.165) is 6.07 Å². The Labute approximate surface area is 126 Å². The molecule has 1 rings (SSSR count). The number of benzene rings is 1. The van der Waals surface area contributed by atoms with Gasteiger partial charge in [0.2, 0.25) is 0 Å². The zero-order valence-corrected chi connectivity index (χ0v) is 12.7. The van der Waals surface area contributed by atoms with Crippen LogP contribution in [0.1, 0.15) is 32.4 Å². The summed E-state index contributed by atoms with van der Waals surface area (Å²) in [5, 5.41) is 1.82. The predicted molar refractivity (Wildman–Crippen MR) is 75.6 cm³/mol. The topological polar surface area (TPSA) is 73.6 Å². The standard InChI is InChI=1S/C14H19F3N2O3/c1-13(2,3)22-12(20)19-11(14(15,16)17)9-6-5-8(18)7-10(9)21-4/h5-7,11H,18H2,1-4H3,(H,19,20)/t11-/m1/s1. The molecular weight excluding hydrogens is 301 g/mol. The first-order valence-corrected chi connectivity index (χ1v) is 6.43. The monoisotopic (exact) mass is 320 g/mol. The predicted octanol–water partition coefficient (Wildman–Crippen LogP) is 3.41. The Morgan fingerprint density at radius 1 is 1.27 bits per heavy atom. The van der Waals surface area contributed by atoms with Crippen molar-refractivity contribution in [2.24, 2.45) is 0 Å². The number of halogens is 3. The third kappa shape index (κ3) is 5.01. The van der Waals surface area contributed by atoms with Crippen LogP contribution in [-0.2, 0) is 4.74 Å². The van der Waals surface area contributed by atoms with Crippen molar-refractivity contribution in [2.75, 3.05) is 12.8 Å². The molecule has 0 spiro atoms. The molecule has 0 unspecified atom stereocenters. The summed E-state index contributed by atoms with van der Waals surface area (Å²) in [7, 11) is 1.22. The number of methoxy groups -OCH3 is 1. The molecule has 1 atom stereocenters. The minimum atomic E-state index is -4.72. The molecule has 0 saturated heterocycles. The van der Waals surface area contributed by atoms with E-state index in [2.05, 4.69) is 0 Å². The third-order valence-electron chi connectivity index (χ3n) is 2.56. The van der Waals surface area contributed by atoms with Crippen LogP contribution in [0.15, 0.2) is 18.2 Å². The smallest absolute Gasteiger partial charge is 0.413 e. The number of nitrogens with one attached hydrogen (secondary N) is 1. The molecule has 0 bridgehead atoms. The summed E-state index contributed by atoms with van der Waals surface area (Å²) in [4.78, 5) is 11.7. The number of alkyl halides is 3. The van der Waals surface area contributed by atoms with Crippen LogP contribution in [0.25, 0.3) is 0 Å². The highest BCUT2D eigenvalue weighted by atomic mass is 19.4. The molecule has 0 aliphatic rings. The summed E-state index contributed by atoms with van der Waals surface area (Å²) >= 11 is 0. The largest absolute Gasteiger partial charge is 0.496 e. The highest BCUT2D eigenvalue weighted by molar-refractivity contribution is 5.69. The number of hydrogen-bond acceptors (Lipinski definition) is 4. The maximum absolute atomic E-state index is 13.3. The third-order valence-corrected chi connectivity index (χ3v) is 2.56. The Bertz CT molecular complexity index is 539. The number of nitrogen functional groups attached to an aromatic ring is 1. The van der Waals surface area contributed by atoms with Crippen LogP contribution in [-0.4, -0.2) is 25.0 Å². The van der Waals surface area contributed by atoms with Gasteiger partial charge in [-0.1, -0.05) is 6.07 Å². The van der Waals surface area contributed by atoms with Gasteiger partial charge in [0.1, 0.15) is 11.4 Å². The van der Waals surface area contributed by atoms with Crippen LogP contribution in [0, 0.1) is 0 Å². The first kappa shape index (κ1) is 17.9. The zero-order chi connectivity index (χ0) is 17.1. The molecule has 1 amide bonds. The number of rotatable bonds is 3. The van der Waals surface area contributed by atoms with Gasteiger partial charge < -0.3 is 20.5 Å². The molecule has 1 aromatic rings. The summed E-state index contributed by atoms with van der Waals surface area (Å²) < 4.78 is 49.6. The Morgan fingerprint density at radius 2 is 1.86 bits per heavy atom. The average Bonchev–Trinajstić information content (AvgIpc) is 2.32. The summed E-state index contributed by atoms with van der Waals surface area (Å²) in [5.41, 5.74) is 4.61. The van der Waals surface area contributed by atoms with Crippen molar-refractivity contribution in [3.8, 4) is 5.75 Å². The fourth-order valence-corrected chi connectivity index (χ4v) is 1.73. The van der Waals surface area contributed by atoms with Crippen LogP contribution in [0.3, 0.4) is 0 Å². The molecule has 0 fully saturated rings. The maximum atomic E-state index is 13.3. The lowest BCUT2D eigenvalue weighted by Crippen LogP contribution is -2.41. The molecule has 3 N–H and O–H groups in total. The molecule has 0 aliphatic carbocycles. The second kappa shape index (κ2) is 6.33. The normalized spacial score (nSPS) is 13.4. The first-order valence-electron chi connectivity index (χ1n) is 6.43. The van der Waals surface area contributed by atoms with E-state index in [1.807, 2.05) is 5.32 Å². The van der Waals surface area contributed by atoms with Gasteiger partial charge in [-0.15, -0.1) is 0 Å². The molecule has 124 valence electrons. The maximum Gasteiger partial charge on any atom is 0.413 e. The lowest BCUT2D eigenvalue weighted by Gasteiger charge is -2.26. The van der Waals surface area contributed by atoms with E-state index in [1.165, 1.54) is 19.2 Å². The van der Waals surface area contributed by atoms with E-state index in [4.69, 9.17) is 15.2 Å². The average molecular weight is 320 g/mol. The minimum Gasteiger partial charge on any atom is -0.496 e. The van der Waals surface area contributed by atoms with E-state index in [9.17, 15) is 18.0 Å². The van der Waals surface area contributed by atoms with Gasteiger partial charge in [-0.2, -0.15) is 13.2 Å². The minimum absolute atomic E-state index is 0.0709. The lowest BCUT2D eigenvalue weighted by atomic mass is 10.0. The summed E-state index contributed by atoms with van der Waals surface area (Å²) in [5.74, 6) is -0.0709. The summed E-state index contributed by atoms with van der Waals surface area (Å²) in [6, 6.07) is 1.44. The molecule has 8 heteroatoms. The number of ether oxygens (including phenoxy) is 2. The van der Waals surface area contributed by atoms with E-state index in [0.29, 0.717) is 0 Å². The van der Waals surface area contributed by atoms with Crippen molar-refractivity contribution >= 4 is 11.8 Å². The van der Waals surface area contributed by atoms with E-state index >= 15 is 0 Å². The Balaban J connectivity index is 3.13. The first-order chi connectivity index (χ1) is 9.94. The molecule has 0 aliphatic heterocycles. The highest BCUT2D eigenvalue weighted by Gasteiger charge is 2.44. The molecule has 0 heterocycles. The molecule has 0 radical (unpaired) electrons. The van der Waals surface area contributed by atoms with Gasteiger partial charge >= 0.3 is 12.3 Å². The van der Waals surface area contributed by atoms with Gasteiger partial charge in [0.05, 0.1) is 7.11 Å². The number of anilines is 1. The Hall–Kier alpha value is -2.12. The number of nitrogens with two attached hydrogens (primary N) is 1. The number of hydrogen-bond donors (Lipinski definition) is 2. The highest BCUT2D eigenvalue weighted by Crippen LogP contribution is 2.38. The van der Waals surface area contributed by atoms with Crippen molar-refractivity contribution in [2.45, 2.75) is 38.6 Å². The molecule has 5 nitrogen and oxygen atoms in total. The van der Waals surface area contributed by atoms with Gasteiger partial charge in [-0.3, -0.25) is 0 Å². The lowest BCUT2D eigenvalue weighted by molar-refractivity contribution is -0.157. The molecule has 0 aromatic heterocycles. The van der Waals surface area contributed by atoms with Crippen LogP contribution in [0.4, 0.5) is 23.7 Å². The summed E-state index contributed by atoms with van der Waals surface area (Å²) in [6.45, 7) is 4.66. The van der Waals surface area contributed by atoms with Crippen LogP contribution < -0.4 is 15.8 Å². The Kier molecular flexibility index (Phi) is 5.16. The van der Waals surface area contributed by atoms with Crippen molar-refractivity contribution in [3.63, 3.8) is 0 Å².